The molecule has 7 heteroatoms. The first kappa shape index (κ1) is 18.4. The Balaban J connectivity index is 1.65. The van der Waals surface area contributed by atoms with Gasteiger partial charge in [-0.05, 0) is 67.6 Å². The van der Waals surface area contributed by atoms with Gasteiger partial charge in [-0.15, -0.1) is 0 Å². The van der Waals surface area contributed by atoms with Gasteiger partial charge in [0.2, 0.25) is 0 Å². The van der Waals surface area contributed by atoms with Crippen molar-refractivity contribution in [2.75, 3.05) is 0 Å². The molecule has 0 unspecified atom stereocenters. The monoisotopic (exact) mass is 368 g/mol. The molecule has 0 spiro atoms. The summed E-state index contributed by atoms with van der Waals surface area (Å²) in [6.45, 7) is 2.00. The molecule has 0 amide bonds. The van der Waals surface area contributed by atoms with Gasteiger partial charge in [-0.3, -0.25) is 0 Å². The molecular weight excluding hydrogens is 353 g/mol. The summed E-state index contributed by atoms with van der Waals surface area (Å²) in [4.78, 5) is 0. The Morgan fingerprint density at radius 3 is 1.15 bits per heavy atom. The second-order valence-corrected chi connectivity index (χ2v) is 5.80. The van der Waals surface area contributed by atoms with Crippen molar-refractivity contribution < 1.29 is 13.2 Å². The second-order valence-electron chi connectivity index (χ2n) is 5.80. The van der Waals surface area contributed by atoms with Gasteiger partial charge in [-0.1, -0.05) is 17.7 Å². The van der Waals surface area contributed by atoms with E-state index in [1.54, 1.807) is 24.3 Å². The predicted octanol–water partition coefficient (Wildman–Crippen LogP) is 7.84. The molecule has 136 valence electrons. The smallest absolute Gasteiger partial charge is 0.166 e. The fourth-order valence-electron chi connectivity index (χ4n) is 2.15. The Labute approximate surface area is 154 Å². The van der Waals surface area contributed by atoms with Crippen LogP contribution in [0.15, 0.2) is 93.3 Å². The number of nitrogens with zero attached hydrogens (tertiary/aromatic N) is 4. The molecule has 27 heavy (non-hydrogen) atoms. The van der Waals surface area contributed by atoms with Crippen molar-refractivity contribution in [1.29, 1.82) is 0 Å². The molecule has 0 N–H and O–H groups in total. The first-order chi connectivity index (χ1) is 12.9. The van der Waals surface area contributed by atoms with Gasteiger partial charge in [0, 0.05) is 0 Å². The van der Waals surface area contributed by atoms with Crippen molar-refractivity contribution in [3.8, 4) is 0 Å². The normalized spacial score (nSPS) is 12.1. The molecule has 0 radical (unpaired) electrons. The van der Waals surface area contributed by atoms with Crippen LogP contribution in [0.2, 0.25) is 0 Å². The summed E-state index contributed by atoms with van der Waals surface area (Å²) in [5.41, 5.74) is 2.74. The van der Waals surface area contributed by atoms with E-state index in [0.717, 1.165) is 23.4 Å². The minimum absolute atomic E-state index is 0.339. The van der Waals surface area contributed by atoms with E-state index in [9.17, 15) is 13.2 Å². The molecule has 3 aromatic rings. The number of halogens is 3. The van der Waals surface area contributed by atoms with Crippen molar-refractivity contribution in [3.63, 3.8) is 0 Å². The standard InChI is InChI=1S/C20H15F3N4/c1-14-2-6-16(7-3-14)24-26-18-10-12-19(13-11-18)27-25-17-8-4-15(5-9-17)20(21,22)23/h2-13H,1H3. The van der Waals surface area contributed by atoms with E-state index in [1.807, 2.05) is 31.2 Å². The molecule has 3 aromatic carbocycles. The van der Waals surface area contributed by atoms with Crippen molar-refractivity contribution in [2.45, 2.75) is 13.1 Å². The number of azo groups is 2. The van der Waals surface area contributed by atoms with Crippen molar-refractivity contribution in [1.82, 2.24) is 0 Å². The zero-order valence-electron chi connectivity index (χ0n) is 14.4. The number of alkyl halides is 3. The lowest BCUT2D eigenvalue weighted by molar-refractivity contribution is -0.137. The Morgan fingerprint density at radius 1 is 0.519 bits per heavy atom. The van der Waals surface area contributed by atoms with Crippen LogP contribution in [0.25, 0.3) is 0 Å². The number of rotatable bonds is 4. The van der Waals surface area contributed by atoms with E-state index in [0.29, 0.717) is 17.1 Å². The highest BCUT2D eigenvalue weighted by atomic mass is 19.4. The van der Waals surface area contributed by atoms with Gasteiger partial charge in [0.25, 0.3) is 0 Å². The van der Waals surface area contributed by atoms with Crippen LogP contribution in [-0.2, 0) is 6.18 Å². The maximum atomic E-state index is 12.5. The van der Waals surface area contributed by atoms with Crippen LogP contribution >= 0.6 is 0 Å². The quantitative estimate of drug-likeness (QED) is 0.421. The van der Waals surface area contributed by atoms with Gasteiger partial charge < -0.3 is 0 Å². The van der Waals surface area contributed by atoms with E-state index >= 15 is 0 Å². The molecule has 3 rings (SSSR count). The molecule has 0 aliphatic rings. The van der Waals surface area contributed by atoms with Crippen molar-refractivity contribution >= 4 is 22.7 Å². The summed E-state index contributed by atoms with van der Waals surface area (Å²) >= 11 is 0. The van der Waals surface area contributed by atoms with Gasteiger partial charge in [-0.25, -0.2) is 0 Å². The number of hydrogen-bond acceptors (Lipinski definition) is 4. The Bertz CT molecular complexity index is 943. The average Bonchev–Trinajstić information content (AvgIpc) is 2.66. The minimum atomic E-state index is -4.36. The molecule has 0 bridgehead atoms. The third-order valence-electron chi connectivity index (χ3n) is 3.64. The zero-order valence-corrected chi connectivity index (χ0v) is 14.4. The first-order valence-corrected chi connectivity index (χ1v) is 8.08. The summed E-state index contributed by atoms with van der Waals surface area (Å²) in [6.07, 6.45) is -4.36. The lowest BCUT2D eigenvalue weighted by Gasteiger charge is -2.05. The van der Waals surface area contributed by atoms with E-state index in [1.165, 1.54) is 12.1 Å². The molecule has 0 heterocycles. The highest BCUT2D eigenvalue weighted by Crippen LogP contribution is 2.31. The average molecular weight is 368 g/mol. The summed E-state index contributed by atoms with van der Waals surface area (Å²) in [5.74, 6) is 0. The highest BCUT2D eigenvalue weighted by Gasteiger charge is 2.29. The number of aryl methyl sites for hydroxylation is 1. The van der Waals surface area contributed by atoms with Crippen LogP contribution in [-0.4, -0.2) is 0 Å². The highest BCUT2D eigenvalue weighted by molar-refractivity contribution is 5.48. The van der Waals surface area contributed by atoms with Gasteiger partial charge >= 0.3 is 6.18 Å². The molecule has 0 atom stereocenters. The summed E-state index contributed by atoms with van der Waals surface area (Å²) in [5, 5.41) is 16.2. The SMILES string of the molecule is Cc1ccc(N=Nc2ccc(N=Nc3ccc(C(F)(F)F)cc3)cc2)cc1. The fraction of sp³-hybridized carbons (Fsp3) is 0.100. The van der Waals surface area contributed by atoms with Crippen LogP contribution in [0, 0.1) is 6.92 Å². The summed E-state index contributed by atoms with van der Waals surface area (Å²) in [6, 6.07) is 19.1. The lowest BCUT2D eigenvalue weighted by atomic mass is 10.2. The van der Waals surface area contributed by atoms with E-state index in [2.05, 4.69) is 20.5 Å². The van der Waals surface area contributed by atoms with Crippen LogP contribution in [0.5, 0.6) is 0 Å². The fourth-order valence-corrected chi connectivity index (χ4v) is 2.15. The van der Waals surface area contributed by atoms with E-state index < -0.39 is 11.7 Å². The molecule has 0 fully saturated rings. The third kappa shape index (κ3) is 5.31. The predicted molar refractivity (Wildman–Crippen MR) is 97.4 cm³/mol. The molecule has 0 aliphatic carbocycles. The second kappa shape index (κ2) is 7.90. The Hall–Kier alpha value is -3.35. The minimum Gasteiger partial charge on any atom is -0.166 e. The topological polar surface area (TPSA) is 49.4 Å². The Kier molecular flexibility index (Phi) is 5.40. The summed E-state index contributed by atoms with van der Waals surface area (Å²) in [7, 11) is 0. The van der Waals surface area contributed by atoms with E-state index in [4.69, 9.17) is 0 Å². The van der Waals surface area contributed by atoms with Gasteiger partial charge in [0.05, 0.1) is 28.3 Å². The largest absolute Gasteiger partial charge is 0.416 e. The zero-order chi connectivity index (χ0) is 19.3. The lowest BCUT2D eigenvalue weighted by Crippen LogP contribution is -2.03. The first-order valence-electron chi connectivity index (χ1n) is 8.08. The van der Waals surface area contributed by atoms with E-state index in [-0.39, 0.29) is 0 Å². The molecule has 4 nitrogen and oxygen atoms in total. The van der Waals surface area contributed by atoms with Crippen LogP contribution < -0.4 is 0 Å². The number of hydrogen-bond donors (Lipinski definition) is 0. The maximum absolute atomic E-state index is 12.5. The van der Waals surface area contributed by atoms with Crippen molar-refractivity contribution in [2.24, 2.45) is 20.5 Å². The third-order valence-corrected chi connectivity index (χ3v) is 3.64. The van der Waals surface area contributed by atoms with Gasteiger partial charge in [0.1, 0.15) is 0 Å². The summed E-state index contributed by atoms with van der Waals surface area (Å²) < 4.78 is 37.6. The number of benzene rings is 3. The molecule has 0 saturated heterocycles. The van der Waals surface area contributed by atoms with Gasteiger partial charge in [0.15, 0.2) is 0 Å². The molecule has 0 aliphatic heterocycles. The van der Waals surface area contributed by atoms with Crippen LogP contribution in [0.4, 0.5) is 35.9 Å². The van der Waals surface area contributed by atoms with Crippen LogP contribution in [0.3, 0.4) is 0 Å². The van der Waals surface area contributed by atoms with Crippen LogP contribution in [0.1, 0.15) is 11.1 Å². The molecule has 0 saturated carbocycles. The molecule has 0 aromatic heterocycles. The van der Waals surface area contributed by atoms with Crippen molar-refractivity contribution in [3.05, 3.63) is 83.9 Å². The Morgan fingerprint density at radius 2 is 0.815 bits per heavy atom. The van der Waals surface area contributed by atoms with Gasteiger partial charge in [-0.2, -0.15) is 33.6 Å². The molecular formula is C20H15F3N4. The maximum Gasteiger partial charge on any atom is 0.416 e.